The van der Waals surface area contributed by atoms with Crippen molar-refractivity contribution in [1.29, 1.82) is 0 Å². The third-order valence-corrected chi connectivity index (χ3v) is 11.5. The van der Waals surface area contributed by atoms with Gasteiger partial charge in [-0.15, -0.1) is 0 Å². The van der Waals surface area contributed by atoms with Crippen molar-refractivity contribution in [3.63, 3.8) is 0 Å². The van der Waals surface area contributed by atoms with Gasteiger partial charge in [0.2, 0.25) is 0 Å². The Hall–Kier alpha value is -3.04. The summed E-state index contributed by atoms with van der Waals surface area (Å²) in [5.41, 5.74) is 2.96. The third-order valence-electron chi connectivity index (χ3n) is 11.5. The molecule has 0 fully saturated rings. The summed E-state index contributed by atoms with van der Waals surface area (Å²) in [6.45, 7) is 22.9. The van der Waals surface area contributed by atoms with E-state index in [1.54, 1.807) is 0 Å². The Morgan fingerprint density at radius 2 is 0.448 bits per heavy atom. The molecule has 2 rings (SSSR count). The van der Waals surface area contributed by atoms with Crippen LogP contribution in [0, 0.1) is 0 Å². The van der Waals surface area contributed by atoms with E-state index in [4.69, 9.17) is 109 Å². The highest BCUT2D eigenvalue weighted by Gasteiger charge is 2.02. The molecule has 0 radical (unpaired) electrons. The van der Waals surface area contributed by atoms with Crippen LogP contribution in [-0.2, 0) is 106 Å². The van der Waals surface area contributed by atoms with Crippen molar-refractivity contribution in [3.05, 3.63) is 54.1 Å². The molecule has 25 heteroatoms. The zero-order valence-electron chi connectivity index (χ0n) is 52.6. The van der Waals surface area contributed by atoms with E-state index in [0.717, 1.165) is 23.5 Å². The molecule has 0 aromatic heterocycles. The van der Waals surface area contributed by atoms with E-state index in [-0.39, 0.29) is 6.61 Å². The summed E-state index contributed by atoms with van der Waals surface area (Å²) >= 11 is 0. The molecule has 0 aliphatic heterocycles. The molecule has 2 aromatic carbocycles. The molecule has 0 spiro atoms. The lowest BCUT2D eigenvalue weighted by Crippen LogP contribution is -2.16. The fourth-order valence-electron chi connectivity index (χ4n) is 6.99. The van der Waals surface area contributed by atoms with Gasteiger partial charge in [0, 0.05) is 0 Å². The van der Waals surface area contributed by atoms with Crippen molar-refractivity contribution in [2.75, 3.05) is 291 Å². The summed E-state index contributed by atoms with van der Waals surface area (Å²) in [5.74, 6) is 0.754. The van der Waals surface area contributed by atoms with Crippen LogP contribution in [-0.4, -0.2) is 296 Å². The predicted octanol–water partition coefficient (Wildman–Crippen LogP) is 5.94. The highest BCUT2D eigenvalue weighted by molar-refractivity contribution is 5.43. The van der Waals surface area contributed by atoms with Crippen molar-refractivity contribution in [2.24, 2.45) is 10.2 Å². The summed E-state index contributed by atoms with van der Waals surface area (Å²) in [5, 5.41) is 17.3. The first kappa shape index (κ1) is 80.1. The van der Waals surface area contributed by atoms with E-state index < -0.39 is 0 Å². The minimum absolute atomic E-state index is 0.0178. The topological polar surface area (TPSA) is 248 Å². The average molecular weight is 1250 g/mol. The number of hydrogen-bond donors (Lipinski definition) is 1. The number of hydrogen-bond acceptors (Lipinski definition) is 25. The van der Waals surface area contributed by atoms with Crippen molar-refractivity contribution < 1.29 is 109 Å². The maximum absolute atomic E-state index is 8.62. The second kappa shape index (κ2) is 68.9. The lowest BCUT2D eigenvalue weighted by molar-refractivity contribution is -0.0317. The molecule has 25 nitrogen and oxygen atoms in total. The molecule has 0 saturated heterocycles. The smallest absolute Gasteiger partial charge is 0.119 e. The zero-order chi connectivity index (χ0) is 61.6. The summed E-state index contributed by atoms with van der Waals surface area (Å²) in [6, 6.07) is 15.9. The standard InChI is InChI=1S/C62H110N2O23/c1-2-3-4-5-6-59-7-9-60(10-8-59)63-64-61-11-13-62(14-12-61)87-58-57-86-56-55-85-54-53-84-52-51-83-50-49-82-48-47-81-46-45-80-44-43-79-42-41-78-40-39-77-38-37-76-36-35-75-34-33-74-32-31-73-30-29-72-28-27-71-26-25-70-24-23-69-22-21-68-20-19-67-18-17-66-16-15-65/h7-14,65H,2-6,15-58H2,1H3. The largest absolute Gasteiger partial charge is 0.491 e. The van der Waals surface area contributed by atoms with Crippen molar-refractivity contribution in [3.8, 4) is 5.75 Å². The minimum Gasteiger partial charge on any atom is -0.491 e. The van der Waals surface area contributed by atoms with Crippen LogP contribution in [0.3, 0.4) is 0 Å². The maximum atomic E-state index is 8.62. The second-order valence-corrected chi connectivity index (χ2v) is 18.6. The lowest BCUT2D eigenvalue weighted by Gasteiger charge is -2.09. The summed E-state index contributed by atoms with van der Waals surface area (Å²) in [7, 11) is 0. The maximum Gasteiger partial charge on any atom is 0.119 e. The average Bonchev–Trinajstić information content (AvgIpc) is 3.70. The number of azo groups is 1. The number of nitrogens with zero attached hydrogens (tertiary/aromatic N) is 2. The van der Waals surface area contributed by atoms with E-state index in [2.05, 4.69) is 29.3 Å². The Labute approximate surface area is 518 Å². The van der Waals surface area contributed by atoms with Crippen LogP contribution >= 0.6 is 0 Å². The van der Waals surface area contributed by atoms with Crippen molar-refractivity contribution in [2.45, 2.75) is 39.0 Å². The van der Waals surface area contributed by atoms with Crippen molar-refractivity contribution in [1.82, 2.24) is 0 Å². The van der Waals surface area contributed by atoms with Crippen LogP contribution in [0.2, 0.25) is 0 Å². The fraction of sp³-hybridized carbons (Fsp3) is 0.806. The summed E-state index contributed by atoms with van der Waals surface area (Å²) in [6.07, 6.45) is 6.17. The Bertz CT molecular complexity index is 1660. The van der Waals surface area contributed by atoms with Gasteiger partial charge in [0.05, 0.1) is 295 Å². The Kier molecular flexibility index (Phi) is 63.4. The van der Waals surface area contributed by atoms with Gasteiger partial charge in [-0.1, -0.05) is 38.3 Å². The van der Waals surface area contributed by atoms with Crippen LogP contribution < -0.4 is 4.74 Å². The Morgan fingerprint density at radius 1 is 0.241 bits per heavy atom. The molecule has 506 valence electrons. The number of unbranched alkanes of at least 4 members (excludes halogenated alkanes) is 3. The first-order chi connectivity index (χ1) is 43.3. The van der Waals surface area contributed by atoms with Crippen molar-refractivity contribution >= 4 is 11.4 Å². The third kappa shape index (κ3) is 60.3. The fourth-order valence-corrected chi connectivity index (χ4v) is 6.99. The molecule has 0 heterocycles. The normalized spacial score (nSPS) is 11.7. The first-order valence-corrected chi connectivity index (χ1v) is 31.3. The number of aryl methyl sites for hydroxylation is 1. The van der Waals surface area contributed by atoms with Gasteiger partial charge in [-0.3, -0.25) is 0 Å². The van der Waals surface area contributed by atoms with Gasteiger partial charge in [0.25, 0.3) is 0 Å². The van der Waals surface area contributed by atoms with E-state index >= 15 is 0 Å². The van der Waals surface area contributed by atoms with Gasteiger partial charge < -0.3 is 109 Å². The van der Waals surface area contributed by atoms with Gasteiger partial charge >= 0.3 is 0 Å². The van der Waals surface area contributed by atoms with E-state index in [9.17, 15) is 0 Å². The van der Waals surface area contributed by atoms with Gasteiger partial charge in [-0.2, -0.15) is 10.2 Å². The molecule has 87 heavy (non-hydrogen) atoms. The predicted molar refractivity (Wildman–Crippen MR) is 325 cm³/mol. The lowest BCUT2D eigenvalue weighted by atomic mass is 10.1. The van der Waals surface area contributed by atoms with Gasteiger partial charge in [-0.25, -0.2) is 0 Å². The van der Waals surface area contributed by atoms with Crippen LogP contribution in [0.5, 0.6) is 5.75 Å². The molecule has 0 amide bonds. The molecule has 0 saturated carbocycles. The molecule has 0 bridgehead atoms. The summed E-state index contributed by atoms with van der Waals surface area (Å²) < 4.78 is 121. The number of aliphatic hydroxyl groups is 1. The highest BCUT2D eigenvalue weighted by Crippen LogP contribution is 2.22. The van der Waals surface area contributed by atoms with Crippen LogP contribution in [0.1, 0.15) is 38.2 Å². The molecule has 0 aliphatic rings. The van der Waals surface area contributed by atoms with Crippen LogP contribution in [0.4, 0.5) is 11.4 Å². The minimum atomic E-state index is 0.0178. The van der Waals surface area contributed by atoms with Gasteiger partial charge in [0.15, 0.2) is 0 Å². The zero-order valence-corrected chi connectivity index (χ0v) is 52.6. The number of rotatable bonds is 73. The van der Waals surface area contributed by atoms with E-state index in [1.807, 2.05) is 36.4 Å². The molecular weight excluding hydrogens is 1140 g/mol. The number of benzene rings is 2. The SMILES string of the molecule is CCCCCCc1ccc(N=Nc2ccc(OCCOCCOCCOCCOCCOCCOCCOCCOCCOCCOCCOCCOCCOCCOCCOCCOCCOCCOCCOCCOCCOCCO)cc2)cc1. The van der Waals surface area contributed by atoms with Crippen LogP contribution in [0.15, 0.2) is 58.8 Å². The number of aliphatic hydroxyl groups excluding tert-OH is 1. The molecule has 0 aliphatic carbocycles. The van der Waals surface area contributed by atoms with Gasteiger partial charge in [0.1, 0.15) is 12.4 Å². The number of ether oxygens (including phenoxy) is 22. The monoisotopic (exact) mass is 1250 g/mol. The first-order valence-electron chi connectivity index (χ1n) is 31.3. The molecule has 2 aromatic rings. The van der Waals surface area contributed by atoms with Gasteiger partial charge in [-0.05, 0) is 54.8 Å². The molecule has 0 unspecified atom stereocenters. The molecule has 0 atom stereocenters. The second-order valence-electron chi connectivity index (χ2n) is 18.6. The highest BCUT2D eigenvalue weighted by atomic mass is 16.6. The Balaban J connectivity index is 1.13. The van der Waals surface area contributed by atoms with E-state index in [1.165, 1.54) is 31.2 Å². The van der Waals surface area contributed by atoms with Crippen LogP contribution in [0.25, 0.3) is 0 Å². The molecular formula is C62H110N2O23. The Morgan fingerprint density at radius 3 is 0.667 bits per heavy atom. The molecule has 1 N–H and O–H groups in total. The summed E-state index contributed by atoms with van der Waals surface area (Å²) in [4.78, 5) is 0. The van der Waals surface area contributed by atoms with E-state index in [0.29, 0.717) is 284 Å². The quantitative estimate of drug-likeness (QED) is 0.0594.